The number of methoxy groups -OCH3 is 1. The minimum atomic E-state index is -0.564. The van der Waals surface area contributed by atoms with Crippen LogP contribution in [0.2, 0.25) is 5.02 Å². The van der Waals surface area contributed by atoms with E-state index in [1.165, 1.54) is 0 Å². The van der Waals surface area contributed by atoms with Gasteiger partial charge in [-0.15, -0.1) is 0 Å². The summed E-state index contributed by atoms with van der Waals surface area (Å²) in [5.74, 6) is 1.37. The third-order valence-corrected chi connectivity index (χ3v) is 3.87. The van der Waals surface area contributed by atoms with Crippen LogP contribution in [-0.4, -0.2) is 12.2 Å². The molecule has 0 radical (unpaired) electrons. The van der Waals surface area contributed by atoms with Crippen LogP contribution >= 0.6 is 11.6 Å². The van der Waals surface area contributed by atoms with Crippen molar-refractivity contribution in [3.05, 3.63) is 58.6 Å². The molecule has 104 valence electrons. The Bertz CT molecular complexity index is 627. The van der Waals surface area contributed by atoms with E-state index in [0.717, 1.165) is 11.1 Å². The Morgan fingerprint density at radius 1 is 1.20 bits per heavy atom. The number of aliphatic hydroxyl groups excluding tert-OH is 1. The van der Waals surface area contributed by atoms with Crippen molar-refractivity contribution < 1.29 is 14.6 Å². The molecule has 0 fully saturated rings. The molecule has 1 N–H and O–H groups in total. The zero-order chi connectivity index (χ0) is 14.1. The number of hydrogen-bond acceptors (Lipinski definition) is 3. The Kier molecular flexibility index (Phi) is 3.55. The maximum atomic E-state index is 10.3. The summed E-state index contributed by atoms with van der Waals surface area (Å²) >= 11 is 6.27. The van der Waals surface area contributed by atoms with E-state index in [4.69, 9.17) is 21.1 Å². The molecular weight excluding hydrogens is 276 g/mol. The van der Waals surface area contributed by atoms with Crippen molar-refractivity contribution in [3.63, 3.8) is 0 Å². The molecule has 0 spiro atoms. The second-order valence-electron chi connectivity index (χ2n) is 4.75. The van der Waals surface area contributed by atoms with Gasteiger partial charge in [-0.25, -0.2) is 0 Å². The molecule has 0 bridgehead atoms. The van der Waals surface area contributed by atoms with Gasteiger partial charge < -0.3 is 14.6 Å². The summed E-state index contributed by atoms with van der Waals surface area (Å²) in [6.07, 6.45) is -0.425. The lowest BCUT2D eigenvalue weighted by atomic mass is 9.94. The highest BCUT2D eigenvalue weighted by atomic mass is 35.5. The Hall–Kier alpha value is -1.71. The van der Waals surface area contributed by atoms with Gasteiger partial charge in [0.25, 0.3) is 0 Å². The minimum absolute atomic E-state index is 0.316. The van der Waals surface area contributed by atoms with Crippen molar-refractivity contribution in [1.82, 2.24) is 0 Å². The molecule has 2 unspecified atom stereocenters. The maximum absolute atomic E-state index is 10.3. The van der Waals surface area contributed by atoms with E-state index < -0.39 is 6.10 Å². The number of benzene rings is 2. The Labute approximate surface area is 122 Å². The predicted octanol–water partition coefficient (Wildman–Crippen LogP) is 3.91. The average molecular weight is 291 g/mol. The summed E-state index contributed by atoms with van der Waals surface area (Å²) in [5, 5.41) is 10.9. The van der Waals surface area contributed by atoms with Gasteiger partial charge in [-0.1, -0.05) is 35.9 Å². The molecule has 20 heavy (non-hydrogen) atoms. The van der Waals surface area contributed by atoms with Crippen LogP contribution in [0.3, 0.4) is 0 Å². The van der Waals surface area contributed by atoms with Gasteiger partial charge in [-0.2, -0.15) is 0 Å². The molecule has 2 atom stereocenters. The lowest BCUT2D eigenvalue weighted by molar-refractivity contribution is 0.0646. The van der Waals surface area contributed by atoms with Crippen LogP contribution < -0.4 is 9.47 Å². The van der Waals surface area contributed by atoms with Gasteiger partial charge >= 0.3 is 0 Å². The quantitative estimate of drug-likeness (QED) is 0.911. The number of aliphatic hydroxyl groups is 1. The first-order chi connectivity index (χ1) is 9.70. The first-order valence-corrected chi connectivity index (χ1v) is 6.84. The van der Waals surface area contributed by atoms with Gasteiger partial charge in [0.2, 0.25) is 0 Å². The van der Waals surface area contributed by atoms with Crippen LogP contribution in [0.5, 0.6) is 11.5 Å². The third-order valence-electron chi connectivity index (χ3n) is 3.54. The van der Waals surface area contributed by atoms with Gasteiger partial charge in [0.1, 0.15) is 17.6 Å². The molecule has 1 aliphatic rings. The smallest absolute Gasteiger partial charge is 0.132 e. The van der Waals surface area contributed by atoms with E-state index in [1.807, 2.05) is 36.4 Å². The molecule has 0 amide bonds. The molecule has 0 aromatic heterocycles. The Balaban J connectivity index is 2.02. The first kappa shape index (κ1) is 13.3. The van der Waals surface area contributed by atoms with Crippen molar-refractivity contribution in [1.29, 1.82) is 0 Å². The molecule has 0 saturated heterocycles. The second-order valence-corrected chi connectivity index (χ2v) is 5.16. The fourth-order valence-corrected chi connectivity index (χ4v) is 2.87. The molecule has 4 heteroatoms. The number of fused-ring (bicyclic) bond motifs is 1. The van der Waals surface area contributed by atoms with Crippen LogP contribution in [0.1, 0.15) is 29.8 Å². The van der Waals surface area contributed by atoms with E-state index in [9.17, 15) is 5.11 Å². The van der Waals surface area contributed by atoms with Crippen LogP contribution in [-0.2, 0) is 0 Å². The topological polar surface area (TPSA) is 38.7 Å². The lowest BCUT2D eigenvalue weighted by Gasteiger charge is -2.31. The molecule has 0 saturated carbocycles. The molecule has 1 heterocycles. The van der Waals surface area contributed by atoms with Crippen LogP contribution in [0.4, 0.5) is 0 Å². The molecule has 2 aromatic carbocycles. The summed E-state index contributed by atoms with van der Waals surface area (Å²) in [6.45, 7) is 0. The van der Waals surface area contributed by atoms with Gasteiger partial charge in [0.05, 0.1) is 23.8 Å². The highest BCUT2D eigenvalue weighted by Crippen LogP contribution is 2.44. The first-order valence-electron chi connectivity index (χ1n) is 6.46. The molecule has 3 nitrogen and oxygen atoms in total. The normalized spacial score (nSPS) is 20.9. The lowest BCUT2D eigenvalue weighted by Crippen LogP contribution is -2.19. The third kappa shape index (κ3) is 2.23. The summed E-state index contributed by atoms with van der Waals surface area (Å²) in [7, 11) is 1.60. The van der Waals surface area contributed by atoms with Crippen molar-refractivity contribution in [2.75, 3.05) is 7.11 Å². The fourth-order valence-electron chi connectivity index (χ4n) is 2.58. The van der Waals surface area contributed by atoms with Crippen molar-refractivity contribution in [2.24, 2.45) is 0 Å². The van der Waals surface area contributed by atoms with E-state index in [-0.39, 0.29) is 6.10 Å². The molecule has 3 rings (SSSR count). The van der Waals surface area contributed by atoms with Gasteiger partial charge in [0, 0.05) is 12.0 Å². The monoisotopic (exact) mass is 290 g/mol. The molecule has 1 aliphatic heterocycles. The van der Waals surface area contributed by atoms with Crippen LogP contribution in [0.25, 0.3) is 0 Å². The second kappa shape index (κ2) is 5.35. The highest BCUT2D eigenvalue weighted by molar-refractivity contribution is 6.31. The summed E-state index contributed by atoms with van der Waals surface area (Å²) in [5.41, 5.74) is 1.60. The average Bonchev–Trinajstić information content (AvgIpc) is 2.46. The highest BCUT2D eigenvalue weighted by Gasteiger charge is 2.30. The number of halogens is 1. The maximum Gasteiger partial charge on any atom is 0.132 e. The predicted molar refractivity (Wildman–Crippen MR) is 77.4 cm³/mol. The summed E-state index contributed by atoms with van der Waals surface area (Å²) < 4.78 is 11.3. The molecular formula is C16H15ClO3. The Morgan fingerprint density at radius 3 is 2.80 bits per heavy atom. The van der Waals surface area contributed by atoms with Crippen molar-refractivity contribution in [2.45, 2.75) is 18.6 Å². The Morgan fingerprint density at radius 2 is 2.00 bits per heavy atom. The SMILES string of the molecule is COc1cccc(Cl)c1C1CC(O)c2ccccc2O1. The number of hydrogen-bond donors (Lipinski definition) is 1. The van der Waals surface area contributed by atoms with Gasteiger partial charge in [0.15, 0.2) is 0 Å². The van der Waals surface area contributed by atoms with E-state index >= 15 is 0 Å². The molecule has 2 aromatic rings. The standard InChI is InChI=1S/C16H15ClO3/c1-19-14-8-4-6-11(17)16(14)15-9-12(18)10-5-2-3-7-13(10)20-15/h2-8,12,15,18H,9H2,1H3. The minimum Gasteiger partial charge on any atom is -0.496 e. The van der Waals surface area contributed by atoms with Crippen LogP contribution in [0, 0.1) is 0 Å². The van der Waals surface area contributed by atoms with E-state index in [1.54, 1.807) is 13.2 Å². The zero-order valence-corrected chi connectivity index (χ0v) is 11.8. The number of rotatable bonds is 2. The largest absolute Gasteiger partial charge is 0.496 e. The van der Waals surface area contributed by atoms with Crippen molar-refractivity contribution in [3.8, 4) is 11.5 Å². The number of para-hydroxylation sites is 1. The number of ether oxygens (including phenoxy) is 2. The van der Waals surface area contributed by atoms with Gasteiger partial charge in [-0.05, 0) is 18.2 Å². The van der Waals surface area contributed by atoms with Gasteiger partial charge in [-0.3, -0.25) is 0 Å². The van der Waals surface area contributed by atoms with E-state index in [0.29, 0.717) is 22.9 Å². The summed E-state index contributed by atoms with van der Waals surface area (Å²) in [6, 6.07) is 13.0. The zero-order valence-electron chi connectivity index (χ0n) is 11.0. The summed E-state index contributed by atoms with van der Waals surface area (Å²) in [4.78, 5) is 0. The van der Waals surface area contributed by atoms with Crippen LogP contribution in [0.15, 0.2) is 42.5 Å². The van der Waals surface area contributed by atoms with Crippen molar-refractivity contribution >= 4 is 11.6 Å². The van der Waals surface area contributed by atoms with E-state index in [2.05, 4.69) is 0 Å². The fraction of sp³-hybridized carbons (Fsp3) is 0.250. The molecule has 0 aliphatic carbocycles.